The van der Waals surface area contributed by atoms with E-state index in [0.717, 1.165) is 19.6 Å². The molecule has 3 aromatic rings. The number of halogens is 1. The average Bonchev–Trinajstić information content (AvgIpc) is 3.02. The van der Waals surface area contributed by atoms with Crippen LogP contribution < -0.4 is 5.73 Å². The number of hydrogen-bond acceptors (Lipinski definition) is 2. The van der Waals surface area contributed by atoms with E-state index in [4.69, 9.17) is 5.73 Å². The Labute approximate surface area is 182 Å². The maximum atomic E-state index is 6.20. The van der Waals surface area contributed by atoms with Crippen LogP contribution in [0.15, 0.2) is 72.9 Å². The maximum Gasteiger partial charge on any atom is 0.0473 e. The van der Waals surface area contributed by atoms with Gasteiger partial charge in [-0.05, 0) is 45.7 Å². The molecule has 4 heteroatoms. The number of benzene rings is 2. The van der Waals surface area contributed by atoms with Gasteiger partial charge in [0.15, 0.2) is 0 Å². The van der Waals surface area contributed by atoms with Crippen molar-refractivity contribution in [2.45, 2.75) is 39.5 Å². The summed E-state index contributed by atoms with van der Waals surface area (Å²) in [4.78, 5) is 2.53. The molecule has 2 N–H and O–H groups in total. The van der Waals surface area contributed by atoms with Crippen LogP contribution in [0.25, 0.3) is 0 Å². The van der Waals surface area contributed by atoms with Crippen LogP contribution in [0.4, 0.5) is 0 Å². The van der Waals surface area contributed by atoms with Crippen molar-refractivity contribution in [2.24, 2.45) is 11.7 Å². The molecule has 1 aromatic heterocycles. The lowest BCUT2D eigenvalue weighted by atomic mass is 10.0. The minimum Gasteiger partial charge on any atom is -0.345 e. The number of hydrogen-bond donors (Lipinski definition) is 1. The number of nitrogens with two attached hydrogens (primary N) is 1. The summed E-state index contributed by atoms with van der Waals surface area (Å²) in [6, 6.07) is 24.0. The van der Waals surface area contributed by atoms with Crippen molar-refractivity contribution < 1.29 is 0 Å². The molecule has 0 aliphatic carbocycles. The summed E-state index contributed by atoms with van der Waals surface area (Å²) < 4.78 is 3.65. The summed E-state index contributed by atoms with van der Waals surface area (Å²) in [7, 11) is 0. The van der Waals surface area contributed by atoms with Gasteiger partial charge in [0.2, 0.25) is 0 Å². The van der Waals surface area contributed by atoms with Gasteiger partial charge in [0.05, 0.1) is 0 Å². The lowest BCUT2D eigenvalue weighted by Gasteiger charge is -2.34. The highest BCUT2D eigenvalue weighted by Crippen LogP contribution is 2.21. The van der Waals surface area contributed by atoms with Crippen LogP contribution in [0.1, 0.15) is 30.7 Å². The molecule has 0 aliphatic heterocycles. The second-order valence-electron chi connectivity index (χ2n) is 7.70. The third kappa shape index (κ3) is 5.69. The van der Waals surface area contributed by atoms with Crippen LogP contribution in [-0.4, -0.2) is 22.1 Å². The standard InChI is InChI=1S/C24H30IN3/c1-19(2)24(14-26)28(16-21-11-7-4-8-12-21)18-23-13-22(25)17-27(23)15-20-9-5-3-6-10-20/h3-13,17,19,24H,14-16,18,26H2,1-2H3. The van der Waals surface area contributed by atoms with E-state index in [1.54, 1.807) is 0 Å². The molecule has 0 amide bonds. The van der Waals surface area contributed by atoms with Crippen LogP contribution in [0, 0.1) is 9.49 Å². The van der Waals surface area contributed by atoms with Crippen molar-refractivity contribution in [1.82, 2.24) is 9.47 Å². The number of nitrogens with zero attached hydrogens (tertiary/aromatic N) is 2. The molecule has 0 radical (unpaired) electrons. The van der Waals surface area contributed by atoms with E-state index < -0.39 is 0 Å². The molecule has 3 rings (SSSR count). The fourth-order valence-corrected chi connectivity index (χ4v) is 4.43. The Balaban J connectivity index is 1.85. The topological polar surface area (TPSA) is 34.2 Å². The van der Waals surface area contributed by atoms with Crippen molar-refractivity contribution in [3.8, 4) is 0 Å². The molecule has 148 valence electrons. The molecule has 1 unspecified atom stereocenters. The Morgan fingerprint density at radius 3 is 2.11 bits per heavy atom. The van der Waals surface area contributed by atoms with E-state index >= 15 is 0 Å². The largest absolute Gasteiger partial charge is 0.345 e. The quantitative estimate of drug-likeness (QED) is 0.425. The van der Waals surface area contributed by atoms with E-state index in [2.05, 4.69) is 119 Å². The minimum atomic E-state index is 0.345. The van der Waals surface area contributed by atoms with Crippen LogP contribution in [0.5, 0.6) is 0 Å². The Bertz CT molecular complexity index is 843. The van der Waals surface area contributed by atoms with Crippen molar-refractivity contribution in [3.05, 3.63) is 93.3 Å². The van der Waals surface area contributed by atoms with Gasteiger partial charge in [-0.1, -0.05) is 74.5 Å². The first kappa shape index (κ1) is 21.1. The predicted molar refractivity (Wildman–Crippen MR) is 126 cm³/mol. The third-order valence-corrected chi connectivity index (χ3v) is 5.81. The van der Waals surface area contributed by atoms with Gasteiger partial charge in [-0.25, -0.2) is 0 Å². The van der Waals surface area contributed by atoms with Gasteiger partial charge in [0.1, 0.15) is 0 Å². The molecule has 2 aromatic carbocycles. The Morgan fingerprint density at radius 2 is 1.54 bits per heavy atom. The maximum absolute atomic E-state index is 6.20. The molecular formula is C24H30IN3. The molecule has 28 heavy (non-hydrogen) atoms. The van der Waals surface area contributed by atoms with Gasteiger partial charge in [-0.3, -0.25) is 4.90 Å². The SMILES string of the molecule is CC(C)C(CN)N(Cc1ccccc1)Cc1cc(I)cn1Cc1ccccc1. The molecule has 0 saturated carbocycles. The zero-order valence-electron chi connectivity index (χ0n) is 16.8. The van der Waals surface area contributed by atoms with Crippen molar-refractivity contribution in [1.29, 1.82) is 0 Å². The average molecular weight is 487 g/mol. The fraction of sp³-hybridized carbons (Fsp3) is 0.333. The molecule has 1 heterocycles. The van der Waals surface area contributed by atoms with Crippen LogP contribution in [-0.2, 0) is 19.6 Å². The highest BCUT2D eigenvalue weighted by Gasteiger charge is 2.22. The second-order valence-corrected chi connectivity index (χ2v) is 8.95. The van der Waals surface area contributed by atoms with E-state index in [0.29, 0.717) is 18.5 Å². The van der Waals surface area contributed by atoms with Gasteiger partial charge in [-0.2, -0.15) is 0 Å². The Morgan fingerprint density at radius 1 is 0.929 bits per heavy atom. The van der Waals surface area contributed by atoms with Gasteiger partial charge in [0.25, 0.3) is 0 Å². The van der Waals surface area contributed by atoms with E-state index in [1.165, 1.54) is 20.4 Å². The van der Waals surface area contributed by atoms with E-state index in [9.17, 15) is 0 Å². The zero-order chi connectivity index (χ0) is 19.9. The molecule has 0 saturated heterocycles. The van der Waals surface area contributed by atoms with Gasteiger partial charge >= 0.3 is 0 Å². The molecule has 1 atom stereocenters. The van der Waals surface area contributed by atoms with E-state index in [1.807, 2.05) is 0 Å². The van der Waals surface area contributed by atoms with Crippen molar-refractivity contribution in [3.63, 3.8) is 0 Å². The fourth-order valence-electron chi connectivity index (χ4n) is 3.73. The molecule has 0 spiro atoms. The number of aromatic nitrogens is 1. The summed E-state index contributed by atoms with van der Waals surface area (Å²) in [5.41, 5.74) is 10.2. The van der Waals surface area contributed by atoms with Gasteiger partial charge < -0.3 is 10.3 Å². The molecule has 0 aliphatic rings. The van der Waals surface area contributed by atoms with Crippen molar-refractivity contribution >= 4 is 22.6 Å². The molecule has 0 bridgehead atoms. The summed E-state index contributed by atoms with van der Waals surface area (Å²) in [6.45, 7) is 7.90. The third-order valence-electron chi connectivity index (χ3n) is 5.22. The zero-order valence-corrected chi connectivity index (χ0v) is 18.9. The highest BCUT2D eigenvalue weighted by molar-refractivity contribution is 14.1. The molecule has 0 fully saturated rings. The normalized spacial score (nSPS) is 12.6. The van der Waals surface area contributed by atoms with E-state index in [-0.39, 0.29) is 0 Å². The summed E-state index contributed by atoms with van der Waals surface area (Å²) in [5, 5.41) is 0. The van der Waals surface area contributed by atoms with Crippen LogP contribution >= 0.6 is 22.6 Å². The first-order chi connectivity index (χ1) is 13.6. The van der Waals surface area contributed by atoms with Gasteiger partial charge in [0, 0.05) is 47.7 Å². The second kappa shape index (κ2) is 10.2. The summed E-state index contributed by atoms with van der Waals surface area (Å²) >= 11 is 2.42. The lowest BCUT2D eigenvalue weighted by Crippen LogP contribution is -2.43. The van der Waals surface area contributed by atoms with Crippen LogP contribution in [0.2, 0.25) is 0 Å². The van der Waals surface area contributed by atoms with Crippen molar-refractivity contribution in [2.75, 3.05) is 6.54 Å². The predicted octanol–water partition coefficient (Wildman–Crippen LogP) is 5.13. The monoisotopic (exact) mass is 487 g/mol. The highest BCUT2D eigenvalue weighted by atomic mass is 127. The molecular weight excluding hydrogens is 457 g/mol. The van der Waals surface area contributed by atoms with Gasteiger partial charge in [-0.15, -0.1) is 0 Å². The Kier molecular flexibility index (Phi) is 7.71. The summed E-state index contributed by atoms with van der Waals surface area (Å²) in [6.07, 6.45) is 2.25. The van der Waals surface area contributed by atoms with Crippen LogP contribution in [0.3, 0.4) is 0 Å². The number of rotatable bonds is 9. The first-order valence-electron chi connectivity index (χ1n) is 9.93. The molecule has 3 nitrogen and oxygen atoms in total. The minimum absolute atomic E-state index is 0.345. The lowest BCUT2D eigenvalue weighted by molar-refractivity contribution is 0.139. The smallest absolute Gasteiger partial charge is 0.0473 e. The summed E-state index contributed by atoms with van der Waals surface area (Å²) in [5.74, 6) is 0.505. The first-order valence-corrected chi connectivity index (χ1v) is 11.0. The Hall–Kier alpha value is -1.63.